The van der Waals surface area contributed by atoms with Crippen LogP contribution in [0.2, 0.25) is 0 Å². The van der Waals surface area contributed by atoms with Gasteiger partial charge >= 0.3 is 0 Å². The van der Waals surface area contributed by atoms with Crippen molar-refractivity contribution in [2.75, 3.05) is 19.6 Å². The van der Waals surface area contributed by atoms with Gasteiger partial charge in [-0.1, -0.05) is 12.2 Å². The van der Waals surface area contributed by atoms with E-state index in [1.165, 1.54) is 12.1 Å². The second kappa shape index (κ2) is 10.9. The molecule has 0 saturated carbocycles. The minimum Gasteiger partial charge on any atom is -0.508 e. The van der Waals surface area contributed by atoms with Gasteiger partial charge in [-0.15, -0.1) is 24.0 Å². The van der Waals surface area contributed by atoms with Crippen LogP contribution in [-0.2, 0) is 0 Å². The van der Waals surface area contributed by atoms with E-state index in [2.05, 4.69) is 33.1 Å². The van der Waals surface area contributed by atoms with Gasteiger partial charge < -0.3 is 21.1 Å². The van der Waals surface area contributed by atoms with Crippen molar-refractivity contribution in [2.24, 2.45) is 4.99 Å². The fraction of sp³-hybridized carbons (Fsp3) is 0.412. The zero-order chi connectivity index (χ0) is 16.5. The van der Waals surface area contributed by atoms with Crippen LogP contribution in [0.5, 0.6) is 5.75 Å². The lowest BCUT2D eigenvalue weighted by atomic mass is 10.2. The van der Waals surface area contributed by atoms with Gasteiger partial charge in [0.05, 0.1) is 6.54 Å². The highest BCUT2D eigenvalue weighted by molar-refractivity contribution is 14.0. The van der Waals surface area contributed by atoms with Crippen LogP contribution in [0.1, 0.15) is 30.1 Å². The van der Waals surface area contributed by atoms with E-state index >= 15 is 0 Å². The largest absolute Gasteiger partial charge is 0.508 e. The van der Waals surface area contributed by atoms with E-state index in [0.717, 1.165) is 25.3 Å². The number of rotatable bonds is 6. The molecule has 1 aliphatic carbocycles. The van der Waals surface area contributed by atoms with Crippen LogP contribution in [0.15, 0.2) is 41.4 Å². The van der Waals surface area contributed by atoms with Crippen LogP contribution in [0.4, 0.5) is 0 Å². The van der Waals surface area contributed by atoms with E-state index < -0.39 is 0 Å². The predicted octanol–water partition coefficient (Wildman–Crippen LogP) is 2.01. The van der Waals surface area contributed by atoms with Crippen molar-refractivity contribution < 1.29 is 9.90 Å². The molecule has 0 aromatic heterocycles. The Bertz CT molecular complexity index is 564. The van der Waals surface area contributed by atoms with Crippen molar-refractivity contribution in [1.29, 1.82) is 0 Å². The minimum absolute atomic E-state index is 0. The molecule has 0 aliphatic heterocycles. The van der Waals surface area contributed by atoms with Crippen molar-refractivity contribution in [1.82, 2.24) is 16.0 Å². The van der Waals surface area contributed by atoms with Crippen molar-refractivity contribution in [3.8, 4) is 5.75 Å². The Labute approximate surface area is 159 Å². The summed E-state index contributed by atoms with van der Waals surface area (Å²) >= 11 is 0. The molecular formula is C17H25IN4O2. The highest BCUT2D eigenvalue weighted by Gasteiger charge is 2.11. The summed E-state index contributed by atoms with van der Waals surface area (Å²) in [6.07, 6.45) is 6.36. The van der Waals surface area contributed by atoms with Crippen LogP contribution >= 0.6 is 24.0 Å². The Morgan fingerprint density at radius 2 is 1.88 bits per heavy atom. The highest BCUT2D eigenvalue weighted by Crippen LogP contribution is 2.09. The van der Waals surface area contributed by atoms with E-state index in [4.69, 9.17) is 0 Å². The van der Waals surface area contributed by atoms with Crippen LogP contribution in [-0.4, -0.2) is 42.6 Å². The van der Waals surface area contributed by atoms with E-state index in [9.17, 15) is 9.90 Å². The van der Waals surface area contributed by atoms with Crippen LogP contribution in [0.3, 0.4) is 0 Å². The van der Waals surface area contributed by atoms with Crippen LogP contribution in [0, 0.1) is 0 Å². The number of carbonyl (C=O) groups excluding carboxylic acids is 1. The summed E-state index contributed by atoms with van der Waals surface area (Å²) in [5, 5.41) is 18.6. The molecule has 4 N–H and O–H groups in total. The average molecular weight is 444 g/mol. The number of carbonyl (C=O) groups is 1. The Morgan fingerprint density at radius 3 is 2.50 bits per heavy atom. The van der Waals surface area contributed by atoms with Crippen molar-refractivity contribution >= 4 is 35.8 Å². The third-order valence-corrected chi connectivity index (χ3v) is 3.49. The number of hydrogen-bond donors (Lipinski definition) is 4. The van der Waals surface area contributed by atoms with Gasteiger partial charge in [-0.05, 0) is 44.0 Å². The maximum atomic E-state index is 11.9. The first-order valence-corrected chi connectivity index (χ1v) is 7.96. The maximum absolute atomic E-state index is 11.9. The summed E-state index contributed by atoms with van der Waals surface area (Å²) in [5.74, 6) is 0.757. The minimum atomic E-state index is -0.168. The van der Waals surface area contributed by atoms with Crippen LogP contribution < -0.4 is 16.0 Å². The lowest BCUT2D eigenvalue weighted by Crippen LogP contribution is -2.43. The third-order valence-electron chi connectivity index (χ3n) is 3.49. The average Bonchev–Trinajstić information content (AvgIpc) is 3.05. The number of amides is 1. The van der Waals surface area contributed by atoms with Crippen LogP contribution in [0.25, 0.3) is 0 Å². The number of guanidine groups is 1. The number of halogens is 1. The molecule has 132 valence electrons. The summed E-state index contributed by atoms with van der Waals surface area (Å²) in [6.45, 7) is 3.78. The number of nitrogens with one attached hydrogen (secondary N) is 3. The normalized spacial score (nSPS) is 14.1. The molecule has 0 bridgehead atoms. The Morgan fingerprint density at radius 1 is 1.21 bits per heavy atom. The van der Waals surface area contributed by atoms with E-state index in [1.807, 2.05) is 6.92 Å². The summed E-state index contributed by atoms with van der Waals surface area (Å²) in [7, 11) is 0. The van der Waals surface area contributed by atoms with Crippen molar-refractivity contribution in [2.45, 2.75) is 25.8 Å². The maximum Gasteiger partial charge on any atom is 0.251 e. The van der Waals surface area contributed by atoms with Gasteiger partial charge in [-0.3, -0.25) is 9.79 Å². The van der Waals surface area contributed by atoms with Gasteiger partial charge in [0.25, 0.3) is 5.91 Å². The molecule has 0 spiro atoms. The molecule has 0 radical (unpaired) electrons. The molecule has 1 amide bonds. The molecule has 1 aromatic rings. The molecular weight excluding hydrogens is 419 g/mol. The van der Waals surface area contributed by atoms with Gasteiger partial charge in [-0.25, -0.2) is 0 Å². The van der Waals surface area contributed by atoms with Gasteiger partial charge in [0.1, 0.15) is 5.75 Å². The van der Waals surface area contributed by atoms with Gasteiger partial charge in [0.2, 0.25) is 0 Å². The first-order chi connectivity index (χ1) is 11.2. The lowest BCUT2D eigenvalue weighted by molar-refractivity contribution is 0.0955. The molecule has 24 heavy (non-hydrogen) atoms. The molecule has 0 unspecified atom stereocenters. The third kappa shape index (κ3) is 6.77. The molecule has 1 aliphatic rings. The van der Waals surface area contributed by atoms with E-state index in [0.29, 0.717) is 24.7 Å². The molecule has 0 fully saturated rings. The number of benzene rings is 1. The number of nitrogens with zero attached hydrogens (tertiary/aromatic N) is 1. The molecule has 7 heteroatoms. The summed E-state index contributed by atoms with van der Waals surface area (Å²) < 4.78 is 0. The molecule has 0 saturated heterocycles. The summed E-state index contributed by atoms with van der Waals surface area (Å²) in [4.78, 5) is 16.4. The zero-order valence-corrected chi connectivity index (χ0v) is 16.1. The Balaban J connectivity index is 0.00000288. The van der Waals surface area contributed by atoms with Gasteiger partial charge in [0.15, 0.2) is 5.96 Å². The zero-order valence-electron chi connectivity index (χ0n) is 13.8. The van der Waals surface area contributed by atoms with Crippen molar-refractivity contribution in [3.63, 3.8) is 0 Å². The first kappa shape index (κ1) is 20.3. The SMILES string of the molecule is CCNC(=NCCNC(=O)c1ccc(O)cc1)NC1CC=CC1.I. The number of hydrogen-bond acceptors (Lipinski definition) is 3. The summed E-state index contributed by atoms with van der Waals surface area (Å²) in [5.41, 5.74) is 0.522. The Kier molecular flexibility index (Phi) is 9.21. The molecule has 2 rings (SSSR count). The molecule has 0 heterocycles. The number of phenolic OH excluding ortho intramolecular Hbond substituents is 1. The van der Waals surface area contributed by atoms with E-state index in [1.54, 1.807) is 12.1 Å². The quantitative estimate of drug-likeness (QED) is 0.178. The number of phenols is 1. The fourth-order valence-corrected chi connectivity index (χ4v) is 2.30. The summed E-state index contributed by atoms with van der Waals surface area (Å²) in [6, 6.07) is 6.57. The smallest absolute Gasteiger partial charge is 0.251 e. The monoisotopic (exact) mass is 444 g/mol. The lowest BCUT2D eigenvalue weighted by Gasteiger charge is -2.16. The molecule has 6 nitrogen and oxygen atoms in total. The number of aromatic hydroxyl groups is 1. The number of aliphatic imine (C=N–C) groups is 1. The fourth-order valence-electron chi connectivity index (χ4n) is 2.30. The first-order valence-electron chi connectivity index (χ1n) is 7.96. The van der Waals surface area contributed by atoms with Gasteiger partial charge in [-0.2, -0.15) is 0 Å². The molecule has 0 atom stereocenters. The second-order valence-corrected chi connectivity index (χ2v) is 5.35. The standard InChI is InChI=1S/C17H24N4O2.HI/c1-2-18-17(21-14-5-3-4-6-14)20-12-11-19-16(23)13-7-9-15(22)10-8-13;/h3-4,7-10,14,22H,2,5-6,11-12H2,1H3,(H,19,23)(H2,18,20,21);1H. The van der Waals surface area contributed by atoms with E-state index in [-0.39, 0.29) is 35.6 Å². The Hall–Kier alpha value is -1.77. The molecule has 1 aromatic carbocycles. The topological polar surface area (TPSA) is 85.8 Å². The van der Waals surface area contributed by atoms with Gasteiger partial charge in [0, 0.05) is 24.7 Å². The second-order valence-electron chi connectivity index (χ2n) is 5.35. The highest BCUT2D eigenvalue weighted by atomic mass is 127. The predicted molar refractivity (Wildman–Crippen MR) is 107 cm³/mol. The van der Waals surface area contributed by atoms with Crippen molar-refractivity contribution in [3.05, 3.63) is 42.0 Å².